The molecule has 3 atom stereocenters. The first-order valence-electron chi connectivity index (χ1n) is 14.4. The predicted molar refractivity (Wildman–Crippen MR) is 177 cm³/mol. The highest BCUT2D eigenvalue weighted by Crippen LogP contribution is 2.49. The van der Waals surface area contributed by atoms with Crippen molar-refractivity contribution in [1.29, 1.82) is 0 Å². The summed E-state index contributed by atoms with van der Waals surface area (Å²) >= 11 is 13.5. The van der Waals surface area contributed by atoms with Crippen molar-refractivity contribution in [2.75, 3.05) is 24.3 Å². The number of nitrogen functional groups attached to an aromatic ring is 1. The molecule has 5 N–H and O–H groups in total. The van der Waals surface area contributed by atoms with Crippen LogP contribution in [0.2, 0.25) is 10.0 Å². The van der Waals surface area contributed by atoms with Crippen LogP contribution in [0.15, 0.2) is 72.8 Å². The Kier molecular flexibility index (Phi) is 9.14. The number of hydrogen-bond acceptors (Lipinski definition) is 7. The van der Waals surface area contributed by atoms with Gasteiger partial charge in [-0.15, -0.1) is 11.8 Å². The Morgan fingerprint density at radius 1 is 0.911 bits per heavy atom. The Hall–Kier alpha value is -3.89. The van der Waals surface area contributed by atoms with Gasteiger partial charge in [0, 0.05) is 51.0 Å². The minimum atomic E-state index is -1.00. The number of benzene rings is 4. The van der Waals surface area contributed by atoms with E-state index in [-0.39, 0.29) is 17.6 Å². The highest BCUT2D eigenvalue weighted by molar-refractivity contribution is 8.01. The van der Waals surface area contributed by atoms with Crippen molar-refractivity contribution in [3.8, 4) is 11.5 Å². The number of para-hydroxylation sites is 2. The van der Waals surface area contributed by atoms with E-state index in [1.807, 2.05) is 42.5 Å². The fourth-order valence-electron chi connectivity index (χ4n) is 5.77. The first kappa shape index (κ1) is 31.1. The number of fused-ring (bicyclic) bond motifs is 3. The SMILES string of the molecule is Nc1ccc(Cl)cc1C(O)c1cccc2c1OCC2.O=C(O)C[C@@H]1S[C@@H](c2cccc3c2OCC3)c2cc(Cl)ccc2NC1=O. The van der Waals surface area contributed by atoms with E-state index in [0.717, 1.165) is 52.2 Å². The third kappa shape index (κ3) is 6.58. The maximum absolute atomic E-state index is 12.5. The van der Waals surface area contributed by atoms with Gasteiger partial charge in [-0.25, -0.2) is 0 Å². The van der Waals surface area contributed by atoms with Gasteiger partial charge in [0.15, 0.2) is 0 Å². The maximum Gasteiger partial charge on any atom is 0.305 e. The zero-order valence-electron chi connectivity index (χ0n) is 24.0. The molecule has 1 amide bonds. The second kappa shape index (κ2) is 13.2. The second-order valence-electron chi connectivity index (χ2n) is 10.9. The molecule has 232 valence electrons. The first-order chi connectivity index (χ1) is 21.7. The Balaban J connectivity index is 0.000000167. The normalized spacial score (nSPS) is 18.5. The van der Waals surface area contributed by atoms with Gasteiger partial charge in [0.05, 0.1) is 30.1 Å². The number of amides is 1. The summed E-state index contributed by atoms with van der Waals surface area (Å²) in [5, 5.41) is 22.8. The van der Waals surface area contributed by atoms with Crippen LogP contribution in [0.5, 0.6) is 11.5 Å². The van der Waals surface area contributed by atoms with Gasteiger partial charge in [-0.1, -0.05) is 59.6 Å². The Bertz CT molecular complexity index is 1780. The van der Waals surface area contributed by atoms with Gasteiger partial charge in [0.2, 0.25) is 5.91 Å². The van der Waals surface area contributed by atoms with E-state index in [9.17, 15) is 19.8 Å². The number of aliphatic hydroxyl groups excluding tert-OH is 1. The van der Waals surface area contributed by atoms with Gasteiger partial charge in [-0.05, 0) is 53.1 Å². The van der Waals surface area contributed by atoms with E-state index in [4.69, 9.17) is 38.4 Å². The number of nitrogens with one attached hydrogen (secondary N) is 1. The third-order valence-corrected chi connectivity index (χ3v) is 9.88. The Labute approximate surface area is 274 Å². The quantitative estimate of drug-likeness (QED) is 0.171. The van der Waals surface area contributed by atoms with E-state index in [1.54, 1.807) is 30.3 Å². The summed E-state index contributed by atoms with van der Waals surface area (Å²) in [4.78, 5) is 23.8. The van der Waals surface area contributed by atoms with E-state index in [1.165, 1.54) is 11.8 Å². The molecule has 4 aromatic rings. The summed E-state index contributed by atoms with van der Waals surface area (Å²) in [6.45, 7) is 1.28. The molecule has 3 aliphatic rings. The van der Waals surface area contributed by atoms with Crippen molar-refractivity contribution < 1.29 is 29.3 Å². The summed E-state index contributed by atoms with van der Waals surface area (Å²) in [5.74, 6) is 0.292. The summed E-state index contributed by atoms with van der Waals surface area (Å²) in [6.07, 6.45) is 0.649. The van der Waals surface area contributed by atoms with Gasteiger partial charge in [0.1, 0.15) is 17.6 Å². The van der Waals surface area contributed by atoms with E-state index in [0.29, 0.717) is 40.2 Å². The van der Waals surface area contributed by atoms with Crippen LogP contribution in [0.3, 0.4) is 0 Å². The van der Waals surface area contributed by atoms with E-state index < -0.39 is 17.3 Å². The number of nitrogens with two attached hydrogens (primary N) is 1. The van der Waals surface area contributed by atoms with Crippen LogP contribution in [0.4, 0.5) is 11.4 Å². The van der Waals surface area contributed by atoms with Crippen LogP contribution < -0.4 is 20.5 Å². The van der Waals surface area contributed by atoms with Crippen molar-refractivity contribution >= 4 is 58.2 Å². The monoisotopic (exact) mass is 664 g/mol. The lowest BCUT2D eigenvalue weighted by molar-refractivity contribution is -0.138. The van der Waals surface area contributed by atoms with Crippen LogP contribution in [-0.2, 0) is 22.4 Å². The van der Waals surface area contributed by atoms with Gasteiger partial charge in [0.25, 0.3) is 0 Å². The zero-order valence-corrected chi connectivity index (χ0v) is 26.3. The average molecular weight is 666 g/mol. The lowest BCUT2D eigenvalue weighted by Crippen LogP contribution is -2.26. The predicted octanol–water partition coefficient (Wildman–Crippen LogP) is 6.83. The number of aliphatic hydroxyl groups is 1. The molecule has 0 fully saturated rings. The topological polar surface area (TPSA) is 131 Å². The van der Waals surface area contributed by atoms with Gasteiger partial charge >= 0.3 is 5.97 Å². The number of aliphatic carboxylic acids is 1. The van der Waals surface area contributed by atoms with Crippen molar-refractivity contribution in [3.63, 3.8) is 0 Å². The highest BCUT2D eigenvalue weighted by atomic mass is 35.5. The van der Waals surface area contributed by atoms with Crippen molar-refractivity contribution in [3.05, 3.63) is 116 Å². The average Bonchev–Trinajstić information content (AvgIpc) is 3.69. The number of halogens is 2. The number of carboxylic acids is 1. The number of carboxylic acid groups (broad SMARTS) is 1. The third-order valence-electron chi connectivity index (χ3n) is 7.92. The molecule has 3 heterocycles. The number of hydrogen-bond donors (Lipinski definition) is 4. The molecule has 1 unspecified atom stereocenters. The lowest BCUT2D eigenvalue weighted by Gasteiger charge is -2.21. The summed E-state index contributed by atoms with van der Waals surface area (Å²) in [7, 11) is 0. The molecule has 7 rings (SSSR count). The standard InChI is InChI=1S/C19H16ClNO4S.C15H14ClNO2/c20-11-4-5-14-13(8-11)18(26-15(9-16(22)23)19(24)21-14)12-3-1-2-10-6-7-25-17(10)12;16-10-4-5-13(17)12(8-10)14(18)11-3-1-2-9-6-7-19-15(9)11/h1-5,8,15,18H,6-7,9H2,(H,21,24)(H,22,23);1-5,8,14,18H,6-7,17H2/t15-,18-;/m0./s1. The molecular formula is C34H30Cl2N2O6S. The molecule has 0 radical (unpaired) electrons. The molecule has 0 aliphatic carbocycles. The van der Waals surface area contributed by atoms with Crippen LogP contribution in [0, 0.1) is 0 Å². The maximum atomic E-state index is 12.5. The van der Waals surface area contributed by atoms with Crippen molar-refractivity contribution in [1.82, 2.24) is 0 Å². The Morgan fingerprint density at radius 2 is 1.58 bits per heavy atom. The molecule has 0 spiro atoms. The lowest BCUT2D eigenvalue weighted by atomic mass is 9.97. The summed E-state index contributed by atoms with van der Waals surface area (Å²) in [6, 6.07) is 22.2. The summed E-state index contributed by atoms with van der Waals surface area (Å²) in [5.41, 5.74) is 12.5. The minimum Gasteiger partial charge on any atom is -0.493 e. The molecular weight excluding hydrogens is 635 g/mol. The van der Waals surface area contributed by atoms with Crippen molar-refractivity contribution in [2.24, 2.45) is 0 Å². The molecule has 0 bridgehead atoms. The van der Waals surface area contributed by atoms with Crippen molar-refractivity contribution in [2.45, 2.75) is 35.9 Å². The smallest absolute Gasteiger partial charge is 0.305 e. The number of anilines is 2. The van der Waals surface area contributed by atoms with Gasteiger partial charge in [-0.3, -0.25) is 9.59 Å². The molecule has 11 heteroatoms. The van der Waals surface area contributed by atoms with Gasteiger partial charge in [-0.2, -0.15) is 0 Å². The molecule has 4 aromatic carbocycles. The van der Waals surface area contributed by atoms with E-state index >= 15 is 0 Å². The second-order valence-corrected chi connectivity index (χ2v) is 13.1. The Morgan fingerprint density at radius 3 is 2.33 bits per heavy atom. The van der Waals surface area contributed by atoms with Crippen LogP contribution in [0.25, 0.3) is 0 Å². The number of carbonyl (C=O) groups excluding carboxylic acids is 1. The largest absolute Gasteiger partial charge is 0.493 e. The fraction of sp³-hybridized carbons (Fsp3) is 0.235. The highest BCUT2D eigenvalue weighted by Gasteiger charge is 2.35. The zero-order chi connectivity index (χ0) is 31.7. The number of ether oxygens (including phenoxy) is 2. The molecule has 3 aliphatic heterocycles. The van der Waals surface area contributed by atoms with Crippen LogP contribution in [-0.4, -0.2) is 40.6 Å². The molecule has 8 nitrogen and oxygen atoms in total. The minimum absolute atomic E-state index is 0.245. The molecule has 0 saturated carbocycles. The fourth-order valence-corrected chi connectivity index (χ4v) is 7.55. The molecule has 45 heavy (non-hydrogen) atoms. The van der Waals surface area contributed by atoms with Gasteiger partial charge < -0.3 is 30.7 Å². The van der Waals surface area contributed by atoms with E-state index in [2.05, 4.69) is 5.32 Å². The molecule has 0 aromatic heterocycles. The number of rotatable bonds is 5. The first-order valence-corrected chi connectivity index (χ1v) is 16.1. The van der Waals surface area contributed by atoms with Crippen LogP contribution in [0.1, 0.15) is 51.2 Å². The summed E-state index contributed by atoms with van der Waals surface area (Å²) < 4.78 is 11.5. The number of thioether (sulfide) groups is 1. The van der Waals surface area contributed by atoms with Crippen LogP contribution >= 0.6 is 35.0 Å². The molecule has 0 saturated heterocycles. The number of carbonyl (C=O) groups is 2.